The first kappa shape index (κ1) is 18.5. The monoisotopic (exact) mass is 364 g/mol. The van der Waals surface area contributed by atoms with Crippen LogP contribution in [0.5, 0.6) is 0 Å². The third-order valence-corrected chi connectivity index (χ3v) is 4.12. The summed E-state index contributed by atoms with van der Waals surface area (Å²) in [4.78, 5) is 21.2. The summed E-state index contributed by atoms with van der Waals surface area (Å²) >= 11 is 0. The van der Waals surface area contributed by atoms with Crippen LogP contribution in [-0.4, -0.2) is 15.9 Å². The molecule has 0 saturated carbocycles. The second-order valence-electron chi connectivity index (χ2n) is 6.55. The Morgan fingerprint density at radius 1 is 0.963 bits per heavy atom. The van der Waals surface area contributed by atoms with Gasteiger partial charge < -0.3 is 10.6 Å². The zero-order valence-corrected chi connectivity index (χ0v) is 15.7. The van der Waals surface area contributed by atoms with E-state index in [1.54, 1.807) is 25.1 Å². The fourth-order valence-electron chi connectivity index (χ4n) is 2.98. The summed E-state index contributed by atoms with van der Waals surface area (Å²) < 4.78 is 13.8. The molecule has 138 valence electrons. The van der Waals surface area contributed by atoms with Gasteiger partial charge in [-0.1, -0.05) is 29.8 Å². The van der Waals surface area contributed by atoms with Gasteiger partial charge in [0.1, 0.15) is 11.5 Å². The molecule has 3 rings (SSSR count). The minimum Gasteiger partial charge on any atom is -0.324 e. The lowest BCUT2D eigenvalue weighted by atomic mass is 10.1. The Hall–Kier alpha value is -3.28. The number of anilines is 3. The van der Waals surface area contributed by atoms with Gasteiger partial charge in [0.15, 0.2) is 0 Å². The number of hydrogen-bond acceptors (Lipinski definition) is 4. The quantitative estimate of drug-likeness (QED) is 0.695. The van der Waals surface area contributed by atoms with Crippen molar-refractivity contribution in [2.24, 2.45) is 0 Å². The maximum atomic E-state index is 13.8. The van der Waals surface area contributed by atoms with E-state index in [4.69, 9.17) is 0 Å². The second-order valence-corrected chi connectivity index (χ2v) is 6.55. The summed E-state index contributed by atoms with van der Waals surface area (Å²) in [6.07, 6.45) is 0. The third-order valence-electron chi connectivity index (χ3n) is 4.12. The molecule has 0 atom stereocenters. The smallest absolute Gasteiger partial charge is 0.274 e. The molecule has 1 aromatic heterocycles. The predicted octanol–water partition coefficient (Wildman–Crippen LogP) is 4.85. The Bertz CT molecular complexity index is 994. The predicted molar refractivity (Wildman–Crippen MR) is 105 cm³/mol. The molecule has 0 radical (unpaired) electrons. The molecule has 2 aromatic carbocycles. The number of para-hydroxylation sites is 1. The van der Waals surface area contributed by atoms with Crippen LogP contribution >= 0.6 is 0 Å². The summed E-state index contributed by atoms with van der Waals surface area (Å²) in [6.45, 7) is 7.83. The van der Waals surface area contributed by atoms with E-state index in [0.717, 1.165) is 16.8 Å². The highest BCUT2D eigenvalue weighted by Gasteiger charge is 2.14. The Morgan fingerprint density at radius 2 is 1.63 bits per heavy atom. The van der Waals surface area contributed by atoms with Gasteiger partial charge >= 0.3 is 0 Å². The van der Waals surface area contributed by atoms with E-state index in [-0.39, 0.29) is 11.4 Å². The van der Waals surface area contributed by atoms with Crippen LogP contribution in [0.25, 0.3) is 0 Å². The number of aryl methyl sites for hydroxylation is 4. The average molecular weight is 364 g/mol. The zero-order chi connectivity index (χ0) is 19.6. The molecular weight excluding hydrogens is 343 g/mol. The van der Waals surface area contributed by atoms with E-state index in [2.05, 4.69) is 32.7 Å². The largest absolute Gasteiger partial charge is 0.324 e. The molecule has 2 N–H and O–H groups in total. The first-order valence-electron chi connectivity index (χ1n) is 8.60. The lowest BCUT2D eigenvalue weighted by molar-refractivity contribution is 0.102. The summed E-state index contributed by atoms with van der Waals surface area (Å²) in [5.41, 5.74) is 5.12. The van der Waals surface area contributed by atoms with Crippen molar-refractivity contribution in [3.63, 3.8) is 0 Å². The molecule has 27 heavy (non-hydrogen) atoms. The van der Waals surface area contributed by atoms with Gasteiger partial charge in [0.2, 0.25) is 5.95 Å². The number of halogens is 1. The summed E-state index contributed by atoms with van der Waals surface area (Å²) in [5.74, 6) is -0.671. The van der Waals surface area contributed by atoms with Crippen LogP contribution in [0, 0.1) is 33.5 Å². The van der Waals surface area contributed by atoms with Gasteiger partial charge in [-0.3, -0.25) is 4.79 Å². The molecule has 0 aliphatic rings. The van der Waals surface area contributed by atoms with E-state index in [0.29, 0.717) is 11.6 Å². The number of benzene rings is 2. The van der Waals surface area contributed by atoms with E-state index in [1.807, 2.05) is 20.8 Å². The van der Waals surface area contributed by atoms with E-state index >= 15 is 0 Å². The molecule has 0 unspecified atom stereocenters. The molecule has 0 spiro atoms. The maximum Gasteiger partial charge on any atom is 0.274 e. The van der Waals surface area contributed by atoms with Gasteiger partial charge in [0.05, 0.1) is 5.69 Å². The normalized spacial score (nSPS) is 10.6. The molecule has 3 aromatic rings. The molecule has 1 amide bonds. The highest BCUT2D eigenvalue weighted by Crippen LogP contribution is 2.25. The van der Waals surface area contributed by atoms with Gasteiger partial charge in [-0.15, -0.1) is 0 Å². The molecular formula is C21H21FN4O. The Kier molecular flexibility index (Phi) is 5.16. The van der Waals surface area contributed by atoms with Crippen LogP contribution < -0.4 is 10.6 Å². The first-order valence-corrected chi connectivity index (χ1v) is 8.60. The Morgan fingerprint density at radius 3 is 2.30 bits per heavy atom. The number of carbonyl (C=O) groups is 1. The Labute approximate surface area is 157 Å². The van der Waals surface area contributed by atoms with Crippen molar-refractivity contribution < 1.29 is 9.18 Å². The van der Waals surface area contributed by atoms with Gasteiger partial charge in [-0.25, -0.2) is 14.4 Å². The SMILES string of the molecule is Cc1cc(C)c(Nc2nc(C)cc(C(=O)Nc3ccccc3F)n2)c(C)c1. The molecule has 0 aliphatic carbocycles. The fraction of sp³-hybridized carbons (Fsp3) is 0.190. The van der Waals surface area contributed by atoms with Crippen LogP contribution in [0.3, 0.4) is 0 Å². The van der Waals surface area contributed by atoms with Crippen molar-refractivity contribution in [3.05, 3.63) is 76.4 Å². The van der Waals surface area contributed by atoms with Gasteiger partial charge in [0.25, 0.3) is 5.91 Å². The number of nitrogens with zero attached hydrogens (tertiary/aromatic N) is 2. The van der Waals surface area contributed by atoms with E-state index < -0.39 is 11.7 Å². The molecule has 0 bridgehead atoms. The first-order chi connectivity index (χ1) is 12.8. The topological polar surface area (TPSA) is 66.9 Å². The van der Waals surface area contributed by atoms with E-state index in [1.165, 1.54) is 17.7 Å². The summed E-state index contributed by atoms with van der Waals surface area (Å²) in [7, 11) is 0. The molecule has 1 heterocycles. The molecule has 0 fully saturated rings. The highest BCUT2D eigenvalue weighted by atomic mass is 19.1. The zero-order valence-electron chi connectivity index (χ0n) is 15.7. The van der Waals surface area contributed by atoms with Crippen LogP contribution in [-0.2, 0) is 0 Å². The van der Waals surface area contributed by atoms with Crippen LogP contribution in [0.2, 0.25) is 0 Å². The van der Waals surface area contributed by atoms with Crippen molar-refractivity contribution in [2.75, 3.05) is 10.6 Å². The number of carbonyl (C=O) groups excluding carboxylic acids is 1. The van der Waals surface area contributed by atoms with E-state index in [9.17, 15) is 9.18 Å². The average Bonchev–Trinajstić information content (AvgIpc) is 2.59. The number of rotatable bonds is 4. The molecule has 6 heteroatoms. The van der Waals surface area contributed by atoms with Crippen LogP contribution in [0.15, 0.2) is 42.5 Å². The van der Waals surface area contributed by atoms with Crippen molar-refractivity contribution in [3.8, 4) is 0 Å². The van der Waals surface area contributed by atoms with Crippen molar-refractivity contribution >= 4 is 23.2 Å². The fourth-order valence-corrected chi connectivity index (χ4v) is 2.98. The third kappa shape index (κ3) is 4.28. The Balaban J connectivity index is 1.89. The maximum absolute atomic E-state index is 13.8. The van der Waals surface area contributed by atoms with Crippen molar-refractivity contribution in [2.45, 2.75) is 27.7 Å². The van der Waals surface area contributed by atoms with Crippen molar-refractivity contribution in [1.82, 2.24) is 9.97 Å². The molecule has 5 nitrogen and oxygen atoms in total. The standard InChI is InChI=1S/C21H21FN4O/c1-12-9-13(2)19(14(3)10-12)26-21-23-15(4)11-18(25-21)20(27)24-17-8-6-5-7-16(17)22/h5-11H,1-4H3,(H,24,27)(H,23,25,26). The van der Waals surface area contributed by atoms with Gasteiger partial charge in [-0.05, 0) is 57.0 Å². The number of hydrogen-bond donors (Lipinski definition) is 2. The number of amides is 1. The van der Waals surface area contributed by atoms with Crippen LogP contribution in [0.1, 0.15) is 32.9 Å². The van der Waals surface area contributed by atoms with Gasteiger partial charge in [0, 0.05) is 11.4 Å². The molecule has 0 saturated heterocycles. The lowest BCUT2D eigenvalue weighted by Gasteiger charge is -2.14. The summed E-state index contributed by atoms with van der Waals surface area (Å²) in [5, 5.41) is 5.75. The highest BCUT2D eigenvalue weighted by molar-refractivity contribution is 6.03. The number of aromatic nitrogens is 2. The number of nitrogens with one attached hydrogen (secondary N) is 2. The van der Waals surface area contributed by atoms with Crippen molar-refractivity contribution in [1.29, 1.82) is 0 Å². The summed E-state index contributed by atoms with van der Waals surface area (Å²) in [6, 6.07) is 11.7. The minimum absolute atomic E-state index is 0.110. The van der Waals surface area contributed by atoms with Gasteiger partial charge in [-0.2, -0.15) is 0 Å². The lowest BCUT2D eigenvalue weighted by Crippen LogP contribution is -2.16. The van der Waals surface area contributed by atoms with Crippen LogP contribution in [0.4, 0.5) is 21.7 Å². The second kappa shape index (κ2) is 7.53. The minimum atomic E-state index is -0.499. The molecule has 0 aliphatic heterocycles.